The third-order valence-electron chi connectivity index (χ3n) is 3.28. The molecule has 1 aromatic heterocycles. The molecule has 2 N–H and O–H groups in total. The van der Waals surface area contributed by atoms with Gasteiger partial charge in [0.05, 0.1) is 30.2 Å². The highest BCUT2D eigenvalue weighted by Crippen LogP contribution is 2.25. The summed E-state index contributed by atoms with van der Waals surface area (Å²) in [5, 5.41) is 16.5. The number of hydrogen-bond donors (Lipinski definition) is 2. The number of anilines is 2. The Balaban J connectivity index is 2.13. The van der Waals surface area contributed by atoms with Crippen molar-refractivity contribution in [3.63, 3.8) is 0 Å². The second-order valence-electron chi connectivity index (χ2n) is 4.64. The fourth-order valence-corrected chi connectivity index (χ4v) is 2.21. The second kappa shape index (κ2) is 6.25. The van der Waals surface area contributed by atoms with Crippen LogP contribution in [0.5, 0.6) is 0 Å². The number of nitro groups is 1. The molecule has 2 heterocycles. The van der Waals surface area contributed by atoms with Crippen LogP contribution in [0.25, 0.3) is 0 Å². The van der Waals surface area contributed by atoms with E-state index in [0.717, 1.165) is 6.42 Å². The van der Waals surface area contributed by atoms with E-state index in [1.54, 1.807) is 7.05 Å². The number of alkyl carbamates (subject to hydrolysis) is 1. The summed E-state index contributed by atoms with van der Waals surface area (Å²) in [6.45, 7) is 1.19. The molecule has 1 aromatic rings. The third-order valence-corrected chi connectivity index (χ3v) is 3.28. The molecule has 2 rings (SSSR count). The molecule has 1 saturated heterocycles. The smallest absolute Gasteiger partial charge is 0.407 e. The molecule has 0 aliphatic carbocycles. The van der Waals surface area contributed by atoms with E-state index in [2.05, 4.69) is 20.4 Å². The molecule has 0 radical (unpaired) electrons. The van der Waals surface area contributed by atoms with E-state index in [-0.39, 0.29) is 11.7 Å². The maximum atomic E-state index is 11.2. The number of nitrogens with zero attached hydrogens (tertiary/aromatic N) is 3. The Labute approximate surface area is 121 Å². The molecule has 1 aliphatic rings. The normalized spacial score (nSPS) is 17.4. The second-order valence-corrected chi connectivity index (χ2v) is 4.64. The molecule has 1 aliphatic heterocycles. The van der Waals surface area contributed by atoms with Crippen molar-refractivity contribution >= 4 is 23.4 Å². The fourth-order valence-electron chi connectivity index (χ4n) is 2.21. The molecule has 0 aromatic carbocycles. The Kier molecular flexibility index (Phi) is 4.41. The minimum atomic E-state index is -0.482. The van der Waals surface area contributed by atoms with Crippen molar-refractivity contribution in [2.75, 3.05) is 37.5 Å². The number of pyridine rings is 1. The van der Waals surface area contributed by atoms with E-state index in [1.165, 1.54) is 19.2 Å². The topological polar surface area (TPSA) is 110 Å². The monoisotopic (exact) mass is 295 g/mol. The highest BCUT2D eigenvalue weighted by Gasteiger charge is 2.26. The van der Waals surface area contributed by atoms with Gasteiger partial charge < -0.3 is 20.3 Å². The van der Waals surface area contributed by atoms with Gasteiger partial charge in [0.15, 0.2) is 0 Å². The minimum absolute atomic E-state index is 0.0197. The van der Waals surface area contributed by atoms with Crippen LogP contribution in [0.2, 0.25) is 0 Å². The van der Waals surface area contributed by atoms with Crippen LogP contribution in [0.1, 0.15) is 6.42 Å². The summed E-state index contributed by atoms with van der Waals surface area (Å²) in [7, 11) is 2.96. The van der Waals surface area contributed by atoms with Gasteiger partial charge in [0.1, 0.15) is 11.6 Å². The number of carbonyl (C=O) groups excluding carboxylic acids is 1. The lowest BCUT2D eigenvalue weighted by atomic mass is 10.3. The van der Waals surface area contributed by atoms with Crippen LogP contribution in [0.4, 0.5) is 22.1 Å². The number of aromatic nitrogens is 1. The molecule has 0 bridgehead atoms. The number of nitrogens with one attached hydrogen (secondary N) is 2. The zero-order valence-corrected chi connectivity index (χ0v) is 11.8. The molecular weight excluding hydrogens is 278 g/mol. The van der Waals surface area contributed by atoms with Crippen LogP contribution < -0.4 is 15.5 Å². The van der Waals surface area contributed by atoms with Crippen LogP contribution in [-0.4, -0.2) is 49.3 Å². The van der Waals surface area contributed by atoms with Gasteiger partial charge in [-0.1, -0.05) is 0 Å². The lowest BCUT2D eigenvalue weighted by Gasteiger charge is -2.18. The van der Waals surface area contributed by atoms with Gasteiger partial charge in [-0.05, 0) is 6.42 Å². The summed E-state index contributed by atoms with van der Waals surface area (Å²) in [6.07, 6.45) is 0.249. The quantitative estimate of drug-likeness (QED) is 0.629. The Bertz CT molecular complexity index is 550. The molecule has 9 nitrogen and oxygen atoms in total. The van der Waals surface area contributed by atoms with E-state index >= 15 is 0 Å². The number of ether oxygens (including phenoxy) is 1. The zero-order valence-electron chi connectivity index (χ0n) is 11.8. The predicted molar refractivity (Wildman–Crippen MR) is 76.6 cm³/mol. The van der Waals surface area contributed by atoms with Crippen LogP contribution in [0, 0.1) is 10.1 Å². The molecular formula is C12H17N5O4. The van der Waals surface area contributed by atoms with E-state index in [4.69, 9.17) is 0 Å². The van der Waals surface area contributed by atoms with Crippen molar-refractivity contribution in [3.05, 3.63) is 22.2 Å². The summed E-state index contributed by atoms with van der Waals surface area (Å²) in [4.78, 5) is 27.9. The van der Waals surface area contributed by atoms with Crippen LogP contribution in [-0.2, 0) is 4.74 Å². The summed E-state index contributed by atoms with van der Waals surface area (Å²) < 4.78 is 4.56. The first-order valence-corrected chi connectivity index (χ1v) is 6.47. The van der Waals surface area contributed by atoms with E-state index < -0.39 is 11.0 Å². The van der Waals surface area contributed by atoms with Crippen LogP contribution in [0.15, 0.2) is 12.1 Å². The van der Waals surface area contributed by atoms with Crippen molar-refractivity contribution in [2.45, 2.75) is 12.5 Å². The average molecular weight is 295 g/mol. The van der Waals surface area contributed by atoms with E-state index in [0.29, 0.717) is 24.7 Å². The SMILES string of the molecule is CNc1cc([N+](=O)[O-])cc(N2CCC(NC(=O)OC)C2)n1. The lowest BCUT2D eigenvalue weighted by Crippen LogP contribution is -2.37. The van der Waals surface area contributed by atoms with Gasteiger partial charge in [0, 0.05) is 20.1 Å². The molecule has 0 spiro atoms. The van der Waals surface area contributed by atoms with Gasteiger partial charge in [0.25, 0.3) is 5.69 Å². The van der Waals surface area contributed by atoms with Gasteiger partial charge >= 0.3 is 6.09 Å². The van der Waals surface area contributed by atoms with Gasteiger partial charge in [-0.25, -0.2) is 9.78 Å². The van der Waals surface area contributed by atoms with Crippen molar-refractivity contribution < 1.29 is 14.5 Å². The summed E-state index contributed by atoms with van der Waals surface area (Å²) in [5.41, 5.74) is -0.0197. The van der Waals surface area contributed by atoms with Gasteiger partial charge in [0.2, 0.25) is 0 Å². The first kappa shape index (κ1) is 14.8. The summed E-state index contributed by atoms with van der Waals surface area (Å²) >= 11 is 0. The number of methoxy groups -OCH3 is 1. The first-order valence-electron chi connectivity index (χ1n) is 6.47. The van der Waals surface area contributed by atoms with Crippen molar-refractivity contribution in [2.24, 2.45) is 0 Å². The standard InChI is InChI=1S/C12H17N5O4/c1-13-10-5-9(17(19)20)6-11(15-10)16-4-3-8(7-16)14-12(18)21-2/h5-6,8H,3-4,7H2,1-2H3,(H,13,15)(H,14,18). The average Bonchev–Trinajstić information content (AvgIpc) is 2.94. The van der Waals surface area contributed by atoms with E-state index in [1.807, 2.05) is 4.90 Å². The molecule has 1 unspecified atom stereocenters. The molecule has 21 heavy (non-hydrogen) atoms. The van der Waals surface area contributed by atoms with Gasteiger partial charge in [-0.15, -0.1) is 0 Å². The number of rotatable bonds is 4. The highest BCUT2D eigenvalue weighted by atomic mass is 16.6. The molecule has 9 heteroatoms. The summed E-state index contributed by atoms with van der Waals surface area (Å²) in [5.74, 6) is 0.950. The summed E-state index contributed by atoms with van der Waals surface area (Å²) in [6, 6.07) is 2.75. The lowest BCUT2D eigenvalue weighted by molar-refractivity contribution is -0.384. The Morgan fingerprint density at radius 2 is 2.33 bits per heavy atom. The minimum Gasteiger partial charge on any atom is -0.453 e. The van der Waals surface area contributed by atoms with Crippen LogP contribution in [0.3, 0.4) is 0 Å². The maximum absolute atomic E-state index is 11.2. The number of hydrogen-bond acceptors (Lipinski definition) is 7. The molecule has 1 amide bonds. The van der Waals surface area contributed by atoms with Crippen molar-refractivity contribution in [1.29, 1.82) is 0 Å². The molecule has 0 saturated carbocycles. The van der Waals surface area contributed by atoms with Gasteiger partial charge in [-0.3, -0.25) is 10.1 Å². The Hall–Kier alpha value is -2.58. The van der Waals surface area contributed by atoms with Crippen LogP contribution >= 0.6 is 0 Å². The molecule has 1 fully saturated rings. The number of carbonyl (C=O) groups is 1. The van der Waals surface area contributed by atoms with E-state index in [9.17, 15) is 14.9 Å². The Morgan fingerprint density at radius 3 is 2.95 bits per heavy atom. The predicted octanol–water partition coefficient (Wildman–Crippen LogP) is 0.966. The fraction of sp³-hybridized carbons (Fsp3) is 0.500. The largest absolute Gasteiger partial charge is 0.453 e. The first-order chi connectivity index (χ1) is 10.0. The molecule has 114 valence electrons. The molecule has 1 atom stereocenters. The zero-order chi connectivity index (χ0) is 15.4. The third kappa shape index (κ3) is 3.50. The van der Waals surface area contributed by atoms with Crippen molar-refractivity contribution in [1.82, 2.24) is 10.3 Å². The number of amides is 1. The van der Waals surface area contributed by atoms with Crippen molar-refractivity contribution in [3.8, 4) is 0 Å². The highest BCUT2D eigenvalue weighted by molar-refractivity contribution is 5.67. The maximum Gasteiger partial charge on any atom is 0.407 e. The van der Waals surface area contributed by atoms with Gasteiger partial charge in [-0.2, -0.15) is 0 Å². The Morgan fingerprint density at radius 1 is 1.57 bits per heavy atom.